The Morgan fingerprint density at radius 2 is 1.74 bits per heavy atom. The van der Waals surface area contributed by atoms with Crippen LogP contribution in [0.4, 0.5) is 0 Å². The molecule has 0 bridgehead atoms. The summed E-state index contributed by atoms with van der Waals surface area (Å²) >= 11 is 0. The summed E-state index contributed by atoms with van der Waals surface area (Å²) in [4.78, 5) is 24.3. The maximum Gasteiger partial charge on any atom is 0.309 e. The number of nitrogens with one attached hydrogen (secondary N) is 2. The normalized spacial score (nSPS) is 16.6. The maximum atomic E-state index is 12.8. The molecule has 1 saturated heterocycles. The third-order valence-corrected chi connectivity index (χ3v) is 6.71. The van der Waals surface area contributed by atoms with Crippen molar-refractivity contribution < 1.29 is 27.5 Å². The molecule has 0 unspecified atom stereocenters. The lowest BCUT2D eigenvalue weighted by Gasteiger charge is -2.22. The Labute approximate surface area is 181 Å². The van der Waals surface area contributed by atoms with Crippen LogP contribution in [-0.4, -0.2) is 64.1 Å². The molecule has 9 nitrogen and oxygen atoms in total. The van der Waals surface area contributed by atoms with Crippen molar-refractivity contribution in [3.8, 4) is 5.75 Å². The summed E-state index contributed by atoms with van der Waals surface area (Å²) in [6.07, 6.45) is -0.381. The number of nitrogens with zero attached hydrogens (tertiary/aromatic N) is 1. The summed E-state index contributed by atoms with van der Waals surface area (Å²) < 4.78 is 37.5. The summed E-state index contributed by atoms with van der Waals surface area (Å²) in [5, 5.41) is 4.99. The van der Waals surface area contributed by atoms with Gasteiger partial charge in [0, 0.05) is 13.1 Å². The van der Waals surface area contributed by atoms with Crippen LogP contribution in [0.2, 0.25) is 0 Å². The van der Waals surface area contributed by atoms with Gasteiger partial charge in [-0.25, -0.2) is 8.42 Å². The number of para-hydroxylation sites is 1. The minimum absolute atomic E-state index is 0.134. The molecule has 166 valence electrons. The van der Waals surface area contributed by atoms with E-state index in [0.717, 1.165) is 5.56 Å². The summed E-state index contributed by atoms with van der Waals surface area (Å²) in [6, 6.07) is 15.4. The second-order valence-corrected chi connectivity index (χ2v) is 8.67. The van der Waals surface area contributed by atoms with Gasteiger partial charge in [0.2, 0.25) is 10.0 Å². The van der Waals surface area contributed by atoms with Crippen LogP contribution < -0.4 is 15.4 Å². The van der Waals surface area contributed by atoms with E-state index >= 15 is 0 Å². The van der Waals surface area contributed by atoms with E-state index in [1.807, 2.05) is 24.3 Å². The van der Waals surface area contributed by atoms with Crippen LogP contribution in [0, 0.1) is 0 Å². The minimum Gasteiger partial charge on any atom is -0.496 e. The standard InChI is InChI=1S/C21H25N3O6S/c1-29-18-10-6-5-7-16(18)11-12-22-20(25)21(26)23-15-19-24(13-14-30-19)31(27,28)17-8-3-2-4-9-17/h2-10,19H,11-15H2,1H3,(H,22,25)(H,23,26)/t19-/m1/s1. The molecule has 2 aromatic carbocycles. The summed E-state index contributed by atoms with van der Waals surface area (Å²) in [5.74, 6) is -0.947. The molecule has 2 aromatic rings. The second kappa shape index (κ2) is 10.4. The molecule has 1 atom stereocenters. The number of hydrogen-bond donors (Lipinski definition) is 2. The number of hydrogen-bond acceptors (Lipinski definition) is 6. The highest BCUT2D eigenvalue weighted by Crippen LogP contribution is 2.21. The SMILES string of the molecule is COc1ccccc1CCNC(=O)C(=O)NC[C@H]1OCCN1S(=O)(=O)c1ccccc1. The van der Waals surface area contributed by atoms with E-state index in [2.05, 4.69) is 10.6 Å². The van der Waals surface area contributed by atoms with Crippen LogP contribution in [0.3, 0.4) is 0 Å². The summed E-state index contributed by atoms with van der Waals surface area (Å²) in [7, 11) is -2.20. The molecule has 1 fully saturated rings. The summed E-state index contributed by atoms with van der Waals surface area (Å²) in [6.45, 7) is 0.493. The molecule has 10 heteroatoms. The predicted molar refractivity (Wildman–Crippen MR) is 113 cm³/mol. The Bertz CT molecular complexity index is 1010. The molecule has 2 N–H and O–H groups in total. The van der Waals surface area contributed by atoms with Gasteiger partial charge in [-0.1, -0.05) is 36.4 Å². The molecule has 0 radical (unpaired) electrons. The monoisotopic (exact) mass is 447 g/mol. The molecule has 2 amide bonds. The van der Waals surface area contributed by atoms with Crippen molar-refractivity contribution in [3.63, 3.8) is 0 Å². The fraction of sp³-hybridized carbons (Fsp3) is 0.333. The zero-order valence-corrected chi connectivity index (χ0v) is 17.9. The molecular weight excluding hydrogens is 422 g/mol. The molecule has 1 heterocycles. The van der Waals surface area contributed by atoms with E-state index in [4.69, 9.17) is 9.47 Å². The molecule has 0 aromatic heterocycles. The van der Waals surface area contributed by atoms with E-state index in [1.165, 1.54) is 16.4 Å². The molecule has 1 aliphatic rings. The van der Waals surface area contributed by atoms with Crippen LogP contribution >= 0.6 is 0 Å². The van der Waals surface area contributed by atoms with Crippen LogP contribution in [-0.2, 0) is 30.8 Å². The number of benzene rings is 2. The number of sulfonamides is 1. The highest BCUT2D eigenvalue weighted by atomic mass is 32.2. The maximum absolute atomic E-state index is 12.8. The molecule has 0 aliphatic carbocycles. The van der Waals surface area contributed by atoms with Crippen LogP contribution in [0.1, 0.15) is 5.56 Å². The van der Waals surface area contributed by atoms with Gasteiger partial charge in [0.1, 0.15) is 12.0 Å². The fourth-order valence-corrected chi connectivity index (χ4v) is 4.76. The molecular formula is C21H25N3O6S. The zero-order chi connectivity index (χ0) is 22.3. The third kappa shape index (κ3) is 5.60. The highest BCUT2D eigenvalue weighted by molar-refractivity contribution is 7.89. The van der Waals surface area contributed by atoms with E-state index in [1.54, 1.807) is 25.3 Å². The fourth-order valence-electron chi connectivity index (χ4n) is 3.23. The molecule has 3 rings (SSSR count). The quantitative estimate of drug-likeness (QED) is 0.571. The topological polar surface area (TPSA) is 114 Å². The van der Waals surface area contributed by atoms with Crippen molar-refractivity contribution in [1.82, 2.24) is 14.9 Å². The van der Waals surface area contributed by atoms with Crippen molar-refractivity contribution in [1.29, 1.82) is 0 Å². The van der Waals surface area contributed by atoms with Gasteiger partial charge in [0.15, 0.2) is 0 Å². The Morgan fingerprint density at radius 1 is 1.06 bits per heavy atom. The number of carbonyl (C=O) groups excluding carboxylic acids is 2. The van der Waals surface area contributed by atoms with Gasteiger partial charge >= 0.3 is 11.8 Å². The average molecular weight is 448 g/mol. The highest BCUT2D eigenvalue weighted by Gasteiger charge is 2.36. The number of carbonyl (C=O) groups is 2. The second-order valence-electron chi connectivity index (χ2n) is 6.78. The lowest BCUT2D eigenvalue weighted by atomic mass is 10.1. The van der Waals surface area contributed by atoms with Gasteiger partial charge < -0.3 is 20.1 Å². The lowest BCUT2D eigenvalue weighted by molar-refractivity contribution is -0.139. The van der Waals surface area contributed by atoms with Crippen molar-refractivity contribution in [2.75, 3.05) is 33.4 Å². The molecule has 0 spiro atoms. The first-order valence-electron chi connectivity index (χ1n) is 9.80. The molecule has 0 saturated carbocycles. The Balaban J connectivity index is 1.49. The van der Waals surface area contributed by atoms with Gasteiger partial charge in [-0.15, -0.1) is 0 Å². The van der Waals surface area contributed by atoms with Crippen molar-refractivity contribution in [3.05, 3.63) is 60.2 Å². The van der Waals surface area contributed by atoms with Gasteiger partial charge in [-0.2, -0.15) is 4.31 Å². The first-order valence-corrected chi connectivity index (χ1v) is 11.2. The first-order chi connectivity index (χ1) is 14.9. The Hall–Kier alpha value is -2.95. The molecule has 31 heavy (non-hydrogen) atoms. The van der Waals surface area contributed by atoms with Crippen molar-refractivity contribution in [2.45, 2.75) is 17.5 Å². The van der Waals surface area contributed by atoms with E-state index in [-0.39, 0.29) is 31.1 Å². The number of amides is 2. The Morgan fingerprint density at radius 3 is 2.48 bits per heavy atom. The van der Waals surface area contributed by atoms with E-state index in [0.29, 0.717) is 12.2 Å². The zero-order valence-electron chi connectivity index (χ0n) is 17.1. The van der Waals surface area contributed by atoms with Gasteiger partial charge in [0.05, 0.1) is 25.2 Å². The van der Waals surface area contributed by atoms with E-state index < -0.39 is 28.1 Å². The Kier molecular flexibility index (Phi) is 7.61. The van der Waals surface area contributed by atoms with E-state index in [9.17, 15) is 18.0 Å². The predicted octanol–water partition coefficient (Wildman–Crippen LogP) is 0.517. The number of rotatable bonds is 8. The van der Waals surface area contributed by atoms with Crippen LogP contribution in [0.25, 0.3) is 0 Å². The number of methoxy groups -OCH3 is 1. The lowest BCUT2D eigenvalue weighted by Crippen LogP contribution is -2.47. The minimum atomic E-state index is -3.76. The van der Waals surface area contributed by atoms with Gasteiger partial charge in [-0.05, 0) is 30.2 Å². The largest absolute Gasteiger partial charge is 0.496 e. The van der Waals surface area contributed by atoms with Crippen LogP contribution in [0.15, 0.2) is 59.5 Å². The van der Waals surface area contributed by atoms with Crippen molar-refractivity contribution in [2.24, 2.45) is 0 Å². The number of ether oxygens (including phenoxy) is 2. The molecule has 1 aliphatic heterocycles. The first kappa shape index (κ1) is 22.7. The summed E-state index contributed by atoms with van der Waals surface area (Å²) in [5.41, 5.74) is 0.909. The van der Waals surface area contributed by atoms with Gasteiger partial charge in [0.25, 0.3) is 0 Å². The average Bonchev–Trinajstić information content (AvgIpc) is 3.28. The van der Waals surface area contributed by atoms with Gasteiger partial charge in [-0.3, -0.25) is 9.59 Å². The van der Waals surface area contributed by atoms with Crippen LogP contribution in [0.5, 0.6) is 5.75 Å². The smallest absolute Gasteiger partial charge is 0.309 e. The van der Waals surface area contributed by atoms with Crippen molar-refractivity contribution >= 4 is 21.8 Å². The third-order valence-electron chi connectivity index (χ3n) is 4.81.